The van der Waals surface area contributed by atoms with E-state index in [1.54, 1.807) is 6.92 Å². The van der Waals surface area contributed by atoms with Crippen molar-refractivity contribution in [3.05, 3.63) is 10.6 Å². The third-order valence-corrected chi connectivity index (χ3v) is 9.16. The second kappa shape index (κ2) is 9.74. The van der Waals surface area contributed by atoms with Gasteiger partial charge in [0.2, 0.25) is 11.8 Å². The van der Waals surface area contributed by atoms with Crippen LogP contribution in [0.5, 0.6) is 0 Å². The fourth-order valence-electron chi connectivity index (χ4n) is 5.44. The number of aliphatic carboxylic acids is 1. The predicted molar refractivity (Wildman–Crippen MR) is 125 cm³/mol. The fraction of sp³-hybridized carbons (Fsp3) is 0.750. The van der Waals surface area contributed by atoms with Crippen LogP contribution in [-0.2, 0) is 24.6 Å². The number of rotatable bonds is 9. The van der Waals surface area contributed by atoms with Crippen molar-refractivity contribution in [3.63, 3.8) is 0 Å². The number of amides is 2. The highest BCUT2D eigenvalue weighted by atomic mass is 32.2. The van der Waals surface area contributed by atoms with Gasteiger partial charge in [0.15, 0.2) is 0 Å². The third kappa shape index (κ3) is 4.97. The Morgan fingerprint density at radius 1 is 1.35 bits per heavy atom. The standard InChI is InChI=1S/C20H32N6O6S2/c1-9-15-14(10(2)25-18(27)13-4-3-5-22-13)19(28)26(15)16(20(29)30)17(9)33-12-6-11(23-8-12)7-24-34(21,31)32/h9-15,22-24H,3-8H2,1-2H3,(H,25,27)(H,29,30)(H2,21,31,32)/t9-,10-,11+,12+,13+,14-,15-/m1/s1. The Kier molecular flexibility index (Phi) is 7.27. The second-order valence-electron chi connectivity index (χ2n) is 9.45. The van der Waals surface area contributed by atoms with Crippen LogP contribution in [0, 0.1) is 11.8 Å². The van der Waals surface area contributed by atoms with Crippen molar-refractivity contribution in [2.45, 2.75) is 62.5 Å². The first-order valence-electron chi connectivity index (χ1n) is 11.5. The van der Waals surface area contributed by atoms with E-state index >= 15 is 0 Å². The van der Waals surface area contributed by atoms with Crippen LogP contribution < -0.4 is 25.8 Å². The minimum Gasteiger partial charge on any atom is -0.477 e. The highest BCUT2D eigenvalue weighted by Gasteiger charge is 2.60. The minimum atomic E-state index is -3.78. The van der Waals surface area contributed by atoms with Crippen LogP contribution in [0.2, 0.25) is 0 Å². The number of carbonyl (C=O) groups is 3. The van der Waals surface area contributed by atoms with Gasteiger partial charge in [0.05, 0.1) is 18.0 Å². The molecule has 4 rings (SSSR count). The molecule has 0 aromatic rings. The van der Waals surface area contributed by atoms with Gasteiger partial charge in [0, 0.05) is 41.2 Å². The lowest BCUT2D eigenvalue weighted by atomic mass is 9.78. The van der Waals surface area contributed by atoms with E-state index in [1.165, 1.54) is 16.7 Å². The Hall–Kier alpha value is -1.71. The molecular formula is C20H32N6O6S2. The Bertz CT molecular complexity index is 998. The molecule has 190 valence electrons. The number of thioether (sulfide) groups is 1. The number of fused-ring (bicyclic) bond motifs is 1. The normalized spacial score (nSPS) is 34.2. The number of β-lactam (4-membered cyclic amide) rings is 1. The molecule has 0 radical (unpaired) electrons. The highest BCUT2D eigenvalue weighted by Crippen LogP contribution is 2.51. The van der Waals surface area contributed by atoms with Crippen molar-refractivity contribution in [3.8, 4) is 0 Å². The largest absolute Gasteiger partial charge is 0.477 e. The lowest BCUT2D eigenvalue weighted by Gasteiger charge is -2.47. The summed E-state index contributed by atoms with van der Waals surface area (Å²) >= 11 is 1.43. The van der Waals surface area contributed by atoms with E-state index in [4.69, 9.17) is 5.14 Å². The van der Waals surface area contributed by atoms with Crippen LogP contribution in [-0.4, -0.2) is 85.3 Å². The predicted octanol–water partition coefficient (Wildman–Crippen LogP) is -1.73. The zero-order valence-electron chi connectivity index (χ0n) is 19.1. The minimum absolute atomic E-state index is 0.0193. The summed E-state index contributed by atoms with van der Waals surface area (Å²) in [5, 5.41) is 24.2. The summed E-state index contributed by atoms with van der Waals surface area (Å²) in [5.74, 6) is -2.23. The molecule has 0 saturated carbocycles. The maximum absolute atomic E-state index is 13.0. The smallest absolute Gasteiger partial charge is 0.353 e. The number of hydrogen-bond donors (Lipinski definition) is 6. The van der Waals surface area contributed by atoms with Crippen molar-refractivity contribution in [1.29, 1.82) is 0 Å². The molecule has 3 fully saturated rings. The van der Waals surface area contributed by atoms with Crippen LogP contribution in [0.4, 0.5) is 0 Å². The van der Waals surface area contributed by atoms with Gasteiger partial charge in [0.1, 0.15) is 5.70 Å². The van der Waals surface area contributed by atoms with Gasteiger partial charge in [0.25, 0.3) is 10.2 Å². The van der Waals surface area contributed by atoms with E-state index in [0.29, 0.717) is 17.9 Å². The highest BCUT2D eigenvalue weighted by molar-refractivity contribution is 8.03. The van der Waals surface area contributed by atoms with Gasteiger partial charge in [-0.1, -0.05) is 6.92 Å². The molecule has 7 N–H and O–H groups in total. The fourth-order valence-corrected chi connectivity index (χ4v) is 7.40. The van der Waals surface area contributed by atoms with Crippen LogP contribution in [0.3, 0.4) is 0 Å². The molecule has 3 saturated heterocycles. The average molecular weight is 517 g/mol. The molecule has 4 aliphatic rings. The van der Waals surface area contributed by atoms with Crippen molar-refractivity contribution in [2.24, 2.45) is 17.0 Å². The number of carboxylic acid groups (broad SMARTS) is 1. The number of carboxylic acids is 1. The summed E-state index contributed by atoms with van der Waals surface area (Å²) in [5.41, 5.74) is 0.0193. The number of nitrogens with one attached hydrogen (secondary N) is 4. The van der Waals surface area contributed by atoms with Crippen LogP contribution in [0.25, 0.3) is 0 Å². The molecule has 14 heteroatoms. The van der Waals surface area contributed by atoms with E-state index in [-0.39, 0.29) is 53.3 Å². The topological polar surface area (TPSA) is 183 Å². The van der Waals surface area contributed by atoms with Gasteiger partial charge in [-0.25, -0.2) is 14.7 Å². The van der Waals surface area contributed by atoms with E-state index < -0.39 is 28.1 Å². The van der Waals surface area contributed by atoms with Crippen LogP contribution in [0.15, 0.2) is 10.6 Å². The first kappa shape index (κ1) is 25.4. The van der Waals surface area contributed by atoms with Gasteiger partial charge < -0.3 is 26.0 Å². The van der Waals surface area contributed by atoms with Crippen molar-refractivity contribution < 1.29 is 27.9 Å². The first-order valence-corrected chi connectivity index (χ1v) is 13.9. The zero-order chi connectivity index (χ0) is 24.8. The molecule has 0 aliphatic carbocycles. The molecule has 0 spiro atoms. The van der Waals surface area contributed by atoms with Crippen LogP contribution in [0.1, 0.15) is 33.1 Å². The van der Waals surface area contributed by atoms with Crippen molar-refractivity contribution in [1.82, 2.24) is 25.6 Å². The number of nitrogens with zero attached hydrogens (tertiary/aromatic N) is 1. The average Bonchev–Trinajstić information content (AvgIpc) is 3.47. The molecule has 4 aliphatic heterocycles. The maximum Gasteiger partial charge on any atom is 0.353 e. The quantitative estimate of drug-likeness (QED) is 0.194. The molecule has 7 atom stereocenters. The van der Waals surface area contributed by atoms with Crippen molar-refractivity contribution >= 4 is 39.8 Å². The molecular weight excluding hydrogens is 484 g/mol. The monoisotopic (exact) mass is 516 g/mol. The number of nitrogens with two attached hydrogens (primary N) is 1. The van der Waals surface area contributed by atoms with E-state index in [2.05, 4.69) is 20.7 Å². The van der Waals surface area contributed by atoms with E-state index in [9.17, 15) is 27.9 Å². The Morgan fingerprint density at radius 2 is 2.09 bits per heavy atom. The van der Waals surface area contributed by atoms with Gasteiger partial charge in [-0.2, -0.15) is 8.42 Å². The van der Waals surface area contributed by atoms with Gasteiger partial charge >= 0.3 is 5.97 Å². The summed E-state index contributed by atoms with van der Waals surface area (Å²) < 4.78 is 24.6. The molecule has 34 heavy (non-hydrogen) atoms. The summed E-state index contributed by atoms with van der Waals surface area (Å²) in [7, 11) is -3.78. The maximum atomic E-state index is 13.0. The molecule has 4 heterocycles. The van der Waals surface area contributed by atoms with Gasteiger partial charge in [-0.15, -0.1) is 11.8 Å². The third-order valence-electron chi connectivity index (χ3n) is 7.08. The lowest BCUT2D eigenvalue weighted by molar-refractivity contribution is -0.158. The van der Waals surface area contributed by atoms with Gasteiger partial charge in [-0.05, 0) is 32.7 Å². The summed E-state index contributed by atoms with van der Waals surface area (Å²) in [6, 6.07) is -1.10. The Morgan fingerprint density at radius 3 is 2.71 bits per heavy atom. The zero-order valence-corrected chi connectivity index (χ0v) is 20.7. The number of hydrogen-bond acceptors (Lipinski definition) is 8. The SMILES string of the molecule is C[C@@H](NC(=O)[C@@H]1CCCN1)[C@H]1C(=O)N2C(C(=O)O)=C(S[C@@H]3CN[C@H](CNS(N)(=O)=O)C3)[C@H](C)[C@H]12. The summed E-state index contributed by atoms with van der Waals surface area (Å²) in [4.78, 5) is 39.7. The number of carbonyl (C=O) groups excluding carboxylic acids is 2. The first-order chi connectivity index (χ1) is 16.0. The molecule has 0 aromatic carbocycles. The summed E-state index contributed by atoms with van der Waals surface area (Å²) in [6.45, 7) is 5.25. The molecule has 12 nitrogen and oxygen atoms in total. The van der Waals surface area contributed by atoms with E-state index in [1.807, 2.05) is 6.92 Å². The Labute approximate surface area is 203 Å². The van der Waals surface area contributed by atoms with E-state index in [0.717, 1.165) is 19.4 Å². The molecule has 0 unspecified atom stereocenters. The lowest BCUT2D eigenvalue weighted by Crippen LogP contribution is -2.66. The Balaban J connectivity index is 1.42. The molecule has 0 bridgehead atoms. The van der Waals surface area contributed by atoms with Gasteiger partial charge in [-0.3, -0.25) is 9.59 Å². The second-order valence-corrected chi connectivity index (χ2v) is 12.2. The van der Waals surface area contributed by atoms with Crippen molar-refractivity contribution in [2.75, 3.05) is 19.6 Å². The molecule has 2 amide bonds. The molecule has 0 aromatic heterocycles. The van der Waals surface area contributed by atoms with Crippen LogP contribution >= 0.6 is 11.8 Å². The summed E-state index contributed by atoms with van der Waals surface area (Å²) in [6.07, 6.45) is 2.32.